The number of nitrogen functional groups attached to an aromatic ring is 1. The predicted molar refractivity (Wildman–Crippen MR) is 123 cm³/mol. The fourth-order valence-electron chi connectivity index (χ4n) is 3.75. The molecule has 4 heterocycles. The minimum absolute atomic E-state index is 0.151. The Kier molecular flexibility index (Phi) is 6.05. The molecule has 0 spiro atoms. The molecule has 9 heteroatoms. The summed E-state index contributed by atoms with van der Waals surface area (Å²) in [5, 5.41) is 8.54. The van der Waals surface area contributed by atoms with Gasteiger partial charge in [-0.05, 0) is 37.6 Å². The van der Waals surface area contributed by atoms with Crippen LogP contribution in [-0.2, 0) is 22.6 Å². The minimum Gasteiger partial charge on any atom is -0.379 e. The summed E-state index contributed by atoms with van der Waals surface area (Å²) in [5.74, 6) is 0.195. The Balaban J connectivity index is 1.31. The minimum atomic E-state index is 0.151. The number of aryl methyl sites for hydroxylation is 1. The highest BCUT2D eigenvalue weighted by atomic mass is 16.5. The number of ether oxygens (including phenoxy) is 2. The lowest BCUT2D eigenvalue weighted by molar-refractivity contribution is 0.0301. The molecule has 168 valence electrons. The van der Waals surface area contributed by atoms with Crippen LogP contribution in [0.15, 0.2) is 54.7 Å². The number of nitrogens with zero attached hydrogens (tertiary/aromatic N) is 6. The molecule has 2 N–H and O–H groups in total. The molecule has 0 bridgehead atoms. The van der Waals surface area contributed by atoms with Crippen LogP contribution in [-0.4, -0.2) is 49.3 Å². The van der Waals surface area contributed by atoms with Crippen molar-refractivity contribution >= 4 is 5.95 Å². The van der Waals surface area contributed by atoms with Gasteiger partial charge in [0.15, 0.2) is 0 Å². The Labute approximate surface area is 191 Å². The van der Waals surface area contributed by atoms with Crippen molar-refractivity contribution in [2.75, 3.05) is 18.9 Å². The van der Waals surface area contributed by atoms with Crippen molar-refractivity contribution in [3.05, 3.63) is 71.7 Å². The summed E-state index contributed by atoms with van der Waals surface area (Å²) in [6.07, 6.45) is 2.92. The number of hydrogen-bond donors (Lipinski definition) is 1. The first-order valence-electron chi connectivity index (χ1n) is 10.9. The molecule has 3 aromatic heterocycles. The molecule has 0 aliphatic carbocycles. The highest BCUT2D eigenvalue weighted by molar-refractivity contribution is 5.67. The third-order valence-electron chi connectivity index (χ3n) is 5.40. The Bertz CT molecular complexity index is 1250. The van der Waals surface area contributed by atoms with Gasteiger partial charge in [-0.15, -0.1) is 5.10 Å². The number of pyridine rings is 1. The monoisotopic (exact) mass is 443 g/mol. The number of aromatic nitrogens is 6. The molecule has 33 heavy (non-hydrogen) atoms. The molecule has 0 unspecified atom stereocenters. The second-order valence-electron chi connectivity index (χ2n) is 8.08. The van der Waals surface area contributed by atoms with Crippen LogP contribution < -0.4 is 5.73 Å². The van der Waals surface area contributed by atoms with Gasteiger partial charge < -0.3 is 15.2 Å². The van der Waals surface area contributed by atoms with Crippen molar-refractivity contribution in [2.45, 2.75) is 32.6 Å². The number of rotatable bonds is 7. The van der Waals surface area contributed by atoms with E-state index in [-0.39, 0.29) is 12.1 Å². The molecular formula is C24H25N7O2. The third kappa shape index (κ3) is 5.21. The smallest absolute Gasteiger partial charge is 0.221 e. The standard InChI is InChI=1S/C24H25N7O2/c1-16-4-2-5-17(10-16)21-11-22(28-24(25)27-21)23-13-31(30-29-23)12-18-6-3-7-19(26-18)14-33-20-8-9-32-15-20/h2-7,10-11,13,20H,8-9,12,14-15H2,1H3,(H2,25,27,28)/t20-/m0/s1. The summed E-state index contributed by atoms with van der Waals surface area (Å²) >= 11 is 0. The molecule has 1 fully saturated rings. The zero-order valence-electron chi connectivity index (χ0n) is 18.4. The summed E-state index contributed by atoms with van der Waals surface area (Å²) in [5.41, 5.74) is 11.9. The summed E-state index contributed by atoms with van der Waals surface area (Å²) in [7, 11) is 0. The number of anilines is 1. The zero-order valence-corrected chi connectivity index (χ0v) is 18.4. The highest BCUT2D eigenvalue weighted by Gasteiger charge is 2.16. The van der Waals surface area contributed by atoms with Crippen LogP contribution in [0.5, 0.6) is 0 Å². The summed E-state index contributed by atoms with van der Waals surface area (Å²) in [6, 6.07) is 15.9. The quantitative estimate of drug-likeness (QED) is 0.464. The Morgan fingerprint density at radius 2 is 1.88 bits per heavy atom. The van der Waals surface area contributed by atoms with Gasteiger partial charge in [0.1, 0.15) is 5.69 Å². The first-order chi connectivity index (χ1) is 16.1. The zero-order chi connectivity index (χ0) is 22.6. The highest BCUT2D eigenvalue weighted by Crippen LogP contribution is 2.24. The predicted octanol–water partition coefficient (Wildman–Crippen LogP) is 3.04. The summed E-state index contributed by atoms with van der Waals surface area (Å²) < 4.78 is 13.0. The fraction of sp³-hybridized carbons (Fsp3) is 0.292. The molecule has 1 aliphatic rings. The SMILES string of the molecule is Cc1cccc(-c2cc(-c3cn(Cc4cccc(CO[C@H]5CCOC5)n4)nn3)nc(N)n2)c1. The van der Waals surface area contributed by atoms with Gasteiger partial charge in [-0.25, -0.2) is 14.6 Å². The van der Waals surface area contributed by atoms with Gasteiger partial charge >= 0.3 is 0 Å². The maximum Gasteiger partial charge on any atom is 0.221 e. The van der Waals surface area contributed by atoms with Crippen LogP contribution >= 0.6 is 0 Å². The van der Waals surface area contributed by atoms with Crippen molar-refractivity contribution in [2.24, 2.45) is 0 Å². The lowest BCUT2D eigenvalue weighted by Gasteiger charge is -2.10. The van der Waals surface area contributed by atoms with Crippen LogP contribution in [0.4, 0.5) is 5.95 Å². The molecule has 0 saturated carbocycles. The Hall–Kier alpha value is -3.69. The van der Waals surface area contributed by atoms with Crippen LogP contribution in [0.1, 0.15) is 23.4 Å². The van der Waals surface area contributed by atoms with Crippen LogP contribution in [0, 0.1) is 6.92 Å². The van der Waals surface area contributed by atoms with E-state index in [1.54, 1.807) is 4.68 Å². The molecule has 1 aliphatic heterocycles. The van der Waals surface area contributed by atoms with E-state index in [0.717, 1.165) is 41.2 Å². The van der Waals surface area contributed by atoms with Crippen LogP contribution in [0.2, 0.25) is 0 Å². The van der Waals surface area contributed by atoms with E-state index in [9.17, 15) is 0 Å². The van der Waals surface area contributed by atoms with Gasteiger partial charge in [0.05, 0.1) is 54.8 Å². The lowest BCUT2D eigenvalue weighted by Crippen LogP contribution is -2.13. The van der Waals surface area contributed by atoms with Gasteiger partial charge in [-0.3, -0.25) is 4.98 Å². The topological polar surface area (TPSA) is 114 Å². The molecule has 1 aromatic carbocycles. The molecule has 9 nitrogen and oxygen atoms in total. The first-order valence-corrected chi connectivity index (χ1v) is 10.9. The number of hydrogen-bond acceptors (Lipinski definition) is 8. The van der Waals surface area contributed by atoms with Crippen molar-refractivity contribution in [1.29, 1.82) is 0 Å². The fourth-order valence-corrected chi connectivity index (χ4v) is 3.75. The van der Waals surface area contributed by atoms with E-state index in [1.165, 1.54) is 0 Å². The second-order valence-corrected chi connectivity index (χ2v) is 8.08. The lowest BCUT2D eigenvalue weighted by atomic mass is 10.1. The molecular weight excluding hydrogens is 418 g/mol. The number of nitrogens with two attached hydrogens (primary N) is 1. The van der Waals surface area contributed by atoms with E-state index in [1.807, 2.05) is 55.6 Å². The first kappa shape index (κ1) is 21.2. The Morgan fingerprint density at radius 1 is 1.03 bits per heavy atom. The summed E-state index contributed by atoms with van der Waals surface area (Å²) in [6.45, 7) is 4.40. The maximum absolute atomic E-state index is 5.99. The maximum atomic E-state index is 5.99. The third-order valence-corrected chi connectivity index (χ3v) is 5.40. The van der Waals surface area contributed by atoms with Crippen molar-refractivity contribution in [3.8, 4) is 22.6 Å². The van der Waals surface area contributed by atoms with Gasteiger partial charge in [0.25, 0.3) is 0 Å². The normalized spacial score (nSPS) is 15.7. The largest absolute Gasteiger partial charge is 0.379 e. The average molecular weight is 444 g/mol. The van der Waals surface area contributed by atoms with E-state index in [4.69, 9.17) is 15.2 Å². The van der Waals surface area contributed by atoms with E-state index in [2.05, 4.69) is 31.3 Å². The van der Waals surface area contributed by atoms with E-state index >= 15 is 0 Å². The van der Waals surface area contributed by atoms with Crippen molar-refractivity contribution in [3.63, 3.8) is 0 Å². The van der Waals surface area contributed by atoms with Gasteiger partial charge in [-0.2, -0.15) is 0 Å². The molecule has 1 atom stereocenters. The van der Waals surface area contributed by atoms with Gasteiger partial charge in [0, 0.05) is 12.2 Å². The molecule has 1 saturated heterocycles. The molecule has 0 amide bonds. The molecule has 0 radical (unpaired) electrons. The van der Waals surface area contributed by atoms with Crippen LogP contribution in [0.25, 0.3) is 22.6 Å². The van der Waals surface area contributed by atoms with Gasteiger partial charge in [0.2, 0.25) is 5.95 Å². The van der Waals surface area contributed by atoms with E-state index < -0.39 is 0 Å². The average Bonchev–Trinajstić information content (AvgIpc) is 3.50. The van der Waals surface area contributed by atoms with Crippen molar-refractivity contribution < 1.29 is 9.47 Å². The van der Waals surface area contributed by atoms with Gasteiger partial charge in [-0.1, -0.05) is 35.0 Å². The number of benzene rings is 1. The molecule has 4 aromatic rings. The van der Waals surface area contributed by atoms with Crippen LogP contribution in [0.3, 0.4) is 0 Å². The Morgan fingerprint density at radius 3 is 2.73 bits per heavy atom. The molecule has 5 rings (SSSR count). The summed E-state index contributed by atoms with van der Waals surface area (Å²) in [4.78, 5) is 13.4. The second kappa shape index (κ2) is 9.43. The van der Waals surface area contributed by atoms with E-state index in [0.29, 0.717) is 31.1 Å². The van der Waals surface area contributed by atoms with Crippen molar-refractivity contribution in [1.82, 2.24) is 29.9 Å².